The van der Waals surface area contributed by atoms with Crippen LogP contribution in [-0.2, 0) is 22.6 Å². The van der Waals surface area contributed by atoms with Gasteiger partial charge < -0.3 is 9.47 Å². The maximum absolute atomic E-state index is 11.8. The molecule has 2 atom stereocenters. The molecule has 1 heterocycles. The fraction of sp³-hybridized carbons (Fsp3) is 0.412. The first-order valence-corrected chi connectivity index (χ1v) is 8.83. The summed E-state index contributed by atoms with van der Waals surface area (Å²) in [5, 5.41) is 3.38. The summed E-state index contributed by atoms with van der Waals surface area (Å²) in [7, 11) is 0. The molecule has 0 bridgehead atoms. The van der Waals surface area contributed by atoms with E-state index in [1.165, 1.54) is 11.3 Å². The van der Waals surface area contributed by atoms with Crippen molar-refractivity contribution in [3.05, 3.63) is 45.4 Å². The molecule has 0 spiro atoms. The van der Waals surface area contributed by atoms with Crippen LogP contribution >= 0.6 is 22.9 Å². The SMILES string of the molecule is CC1CC1COC(=O)Cc1csc(COc2ccc(Cl)cc2)n1. The highest BCUT2D eigenvalue weighted by Crippen LogP contribution is 2.37. The molecule has 0 saturated heterocycles. The van der Waals surface area contributed by atoms with Crippen LogP contribution in [0.1, 0.15) is 24.0 Å². The van der Waals surface area contributed by atoms with Crippen LogP contribution in [0.2, 0.25) is 5.02 Å². The number of halogens is 1. The van der Waals surface area contributed by atoms with Gasteiger partial charge in [0.15, 0.2) is 0 Å². The third-order valence-electron chi connectivity index (χ3n) is 3.84. The van der Waals surface area contributed by atoms with E-state index in [1.807, 2.05) is 17.5 Å². The van der Waals surface area contributed by atoms with E-state index in [0.717, 1.165) is 22.9 Å². The number of carbonyl (C=O) groups is 1. The fourth-order valence-electron chi connectivity index (χ4n) is 2.20. The number of thiazole rings is 1. The van der Waals surface area contributed by atoms with Gasteiger partial charge in [-0.2, -0.15) is 0 Å². The van der Waals surface area contributed by atoms with Crippen molar-refractivity contribution in [2.24, 2.45) is 11.8 Å². The maximum Gasteiger partial charge on any atom is 0.311 e. The molecule has 2 unspecified atom stereocenters. The summed E-state index contributed by atoms with van der Waals surface area (Å²) in [6, 6.07) is 7.18. The Morgan fingerprint density at radius 3 is 2.83 bits per heavy atom. The molecule has 0 aliphatic heterocycles. The lowest BCUT2D eigenvalue weighted by molar-refractivity contribution is -0.143. The van der Waals surface area contributed by atoms with Crippen LogP contribution in [-0.4, -0.2) is 17.6 Å². The summed E-state index contributed by atoms with van der Waals surface area (Å²) in [6.07, 6.45) is 1.38. The Morgan fingerprint density at radius 1 is 1.39 bits per heavy atom. The Morgan fingerprint density at radius 2 is 2.13 bits per heavy atom. The smallest absolute Gasteiger partial charge is 0.311 e. The highest BCUT2D eigenvalue weighted by Gasteiger charge is 2.33. The summed E-state index contributed by atoms with van der Waals surface area (Å²) in [5.74, 6) is 1.78. The van der Waals surface area contributed by atoms with Gasteiger partial charge in [0, 0.05) is 10.4 Å². The molecule has 1 aromatic carbocycles. The molecule has 3 rings (SSSR count). The van der Waals surface area contributed by atoms with Gasteiger partial charge in [-0.3, -0.25) is 4.79 Å². The van der Waals surface area contributed by atoms with Crippen molar-refractivity contribution in [3.63, 3.8) is 0 Å². The van der Waals surface area contributed by atoms with Crippen LogP contribution in [0.5, 0.6) is 5.75 Å². The topological polar surface area (TPSA) is 48.4 Å². The molecule has 122 valence electrons. The third kappa shape index (κ3) is 4.94. The monoisotopic (exact) mass is 351 g/mol. The quantitative estimate of drug-likeness (QED) is 0.704. The molecular weight excluding hydrogens is 334 g/mol. The predicted molar refractivity (Wildman–Crippen MR) is 89.8 cm³/mol. The van der Waals surface area contributed by atoms with E-state index < -0.39 is 0 Å². The van der Waals surface area contributed by atoms with Gasteiger partial charge in [0.25, 0.3) is 0 Å². The van der Waals surface area contributed by atoms with Gasteiger partial charge in [0.2, 0.25) is 0 Å². The zero-order valence-corrected chi connectivity index (χ0v) is 14.4. The lowest BCUT2D eigenvalue weighted by Gasteiger charge is -2.03. The van der Waals surface area contributed by atoms with Crippen molar-refractivity contribution in [2.45, 2.75) is 26.4 Å². The van der Waals surface area contributed by atoms with Crippen LogP contribution < -0.4 is 4.74 Å². The van der Waals surface area contributed by atoms with Crippen molar-refractivity contribution in [3.8, 4) is 5.75 Å². The van der Waals surface area contributed by atoms with E-state index in [0.29, 0.717) is 30.1 Å². The zero-order chi connectivity index (χ0) is 16.2. The number of hydrogen-bond donors (Lipinski definition) is 0. The molecule has 0 amide bonds. The Balaban J connectivity index is 1.43. The molecule has 1 saturated carbocycles. The largest absolute Gasteiger partial charge is 0.486 e. The average molecular weight is 352 g/mol. The van der Waals surface area contributed by atoms with Crippen molar-refractivity contribution in [1.29, 1.82) is 0 Å². The molecule has 0 radical (unpaired) electrons. The highest BCUT2D eigenvalue weighted by molar-refractivity contribution is 7.09. The summed E-state index contributed by atoms with van der Waals surface area (Å²) in [6.45, 7) is 3.09. The molecule has 6 heteroatoms. The van der Waals surface area contributed by atoms with Gasteiger partial charge in [0.1, 0.15) is 17.4 Å². The van der Waals surface area contributed by atoms with E-state index in [1.54, 1.807) is 12.1 Å². The number of carbonyl (C=O) groups excluding carboxylic acids is 1. The van der Waals surface area contributed by atoms with Crippen LogP contribution in [0.15, 0.2) is 29.6 Å². The van der Waals surface area contributed by atoms with E-state index in [2.05, 4.69) is 11.9 Å². The normalized spacial score (nSPS) is 19.4. The van der Waals surface area contributed by atoms with Crippen molar-refractivity contribution in [1.82, 2.24) is 4.98 Å². The maximum atomic E-state index is 11.8. The number of ether oxygens (including phenoxy) is 2. The molecule has 4 nitrogen and oxygen atoms in total. The number of esters is 1. The predicted octanol–water partition coefficient (Wildman–Crippen LogP) is 4.12. The van der Waals surface area contributed by atoms with E-state index in [9.17, 15) is 4.79 Å². The summed E-state index contributed by atoms with van der Waals surface area (Å²) < 4.78 is 10.9. The first-order valence-electron chi connectivity index (χ1n) is 7.57. The van der Waals surface area contributed by atoms with Crippen LogP contribution in [0.3, 0.4) is 0 Å². The third-order valence-corrected chi connectivity index (χ3v) is 4.96. The minimum absolute atomic E-state index is 0.209. The second-order valence-corrected chi connectivity index (χ2v) is 7.19. The highest BCUT2D eigenvalue weighted by atomic mass is 35.5. The van der Waals surface area contributed by atoms with Gasteiger partial charge in [-0.25, -0.2) is 4.98 Å². The Hall–Kier alpha value is -1.59. The lowest BCUT2D eigenvalue weighted by atomic mass is 10.3. The van der Waals surface area contributed by atoms with Gasteiger partial charge >= 0.3 is 5.97 Å². The van der Waals surface area contributed by atoms with E-state index in [4.69, 9.17) is 21.1 Å². The summed E-state index contributed by atoms with van der Waals surface area (Å²) in [5.41, 5.74) is 0.735. The minimum atomic E-state index is -0.209. The number of rotatable bonds is 7. The van der Waals surface area contributed by atoms with Crippen molar-refractivity contribution >= 4 is 28.9 Å². The number of aromatic nitrogens is 1. The Kier molecular flexibility index (Phi) is 5.18. The van der Waals surface area contributed by atoms with Gasteiger partial charge in [-0.15, -0.1) is 11.3 Å². The van der Waals surface area contributed by atoms with Gasteiger partial charge in [-0.1, -0.05) is 18.5 Å². The minimum Gasteiger partial charge on any atom is -0.486 e. The second-order valence-electron chi connectivity index (χ2n) is 5.81. The van der Waals surface area contributed by atoms with Crippen molar-refractivity contribution < 1.29 is 14.3 Å². The molecule has 23 heavy (non-hydrogen) atoms. The molecule has 1 fully saturated rings. The molecule has 2 aromatic rings. The first-order chi connectivity index (χ1) is 11.1. The molecule has 1 aliphatic rings. The summed E-state index contributed by atoms with van der Waals surface area (Å²) in [4.78, 5) is 16.2. The molecule has 0 N–H and O–H groups in total. The number of nitrogens with zero attached hydrogens (tertiary/aromatic N) is 1. The standard InChI is InChI=1S/C17H18ClNO3S/c1-11-6-12(11)8-22-17(20)7-14-10-23-16(19-14)9-21-15-4-2-13(18)3-5-15/h2-5,10-12H,6-9H2,1H3. The zero-order valence-electron chi connectivity index (χ0n) is 12.8. The number of hydrogen-bond acceptors (Lipinski definition) is 5. The van der Waals surface area contributed by atoms with Gasteiger partial charge in [-0.05, 0) is 42.5 Å². The van der Waals surface area contributed by atoms with Gasteiger partial charge in [0.05, 0.1) is 18.7 Å². The van der Waals surface area contributed by atoms with Crippen LogP contribution in [0.25, 0.3) is 0 Å². The molecule has 1 aromatic heterocycles. The average Bonchev–Trinajstić information content (AvgIpc) is 3.06. The van der Waals surface area contributed by atoms with Crippen molar-refractivity contribution in [2.75, 3.05) is 6.61 Å². The molecular formula is C17H18ClNO3S. The van der Waals surface area contributed by atoms with Crippen LogP contribution in [0.4, 0.5) is 0 Å². The molecule has 1 aliphatic carbocycles. The first kappa shape index (κ1) is 16.3. The number of benzene rings is 1. The van der Waals surface area contributed by atoms with E-state index >= 15 is 0 Å². The van der Waals surface area contributed by atoms with E-state index in [-0.39, 0.29) is 12.4 Å². The summed E-state index contributed by atoms with van der Waals surface area (Å²) >= 11 is 7.31. The lowest BCUT2D eigenvalue weighted by Crippen LogP contribution is -2.10. The van der Waals surface area contributed by atoms with Crippen LogP contribution in [0, 0.1) is 11.8 Å². The Bertz CT molecular complexity index is 671. The fourth-order valence-corrected chi connectivity index (χ4v) is 3.03. The second kappa shape index (κ2) is 7.32. The Labute approximate surface area is 144 Å².